The first kappa shape index (κ1) is 56.6. The van der Waals surface area contributed by atoms with E-state index in [1.165, 1.54) is 0 Å². The lowest BCUT2D eigenvalue weighted by Gasteiger charge is -2.24. The summed E-state index contributed by atoms with van der Waals surface area (Å²) in [6, 6.07) is 0. The molecule has 340 valence electrons. The number of hydrogen-bond acceptors (Lipinski definition) is 9. The molecule has 0 amide bonds. The molecule has 1 unspecified atom stereocenters. The molecule has 0 fully saturated rings. The zero-order valence-corrected chi connectivity index (χ0v) is 38.3. The number of nitrogens with zero attached hydrogens (tertiary/aromatic N) is 1. The summed E-state index contributed by atoms with van der Waals surface area (Å²) in [5.41, 5.74) is 0. The molecule has 12 heteroatoms. The van der Waals surface area contributed by atoms with Gasteiger partial charge in [-0.2, -0.15) is 0 Å². The van der Waals surface area contributed by atoms with E-state index in [1.54, 1.807) is 36.5 Å². The van der Waals surface area contributed by atoms with Crippen LogP contribution in [0.4, 0.5) is 0 Å². The molecule has 0 aliphatic carbocycles. The van der Waals surface area contributed by atoms with E-state index >= 15 is 0 Å². The summed E-state index contributed by atoms with van der Waals surface area (Å²) in [6.07, 6.45) is 45.0. The topological polar surface area (TPSA) is 149 Å². The summed E-state index contributed by atoms with van der Waals surface area (Å²) in [4.78, 5) is 35.3. The van der Waals surface area contributed by atoms with Crippen LogP contribution in [0.5, 0.6) is 0 Å². The molecule has 4 atom stereocenters. The number of rotatable bonds is 37. The van der Waals surface area contributed by atoms with E-state index in [4.69, 9.17) is 18.5 Å². The number of phosphoric acid groups is 1. The Morgan fingerprint density at radius 1 is 0.600 bits per heavy atom. The number of ether oxygens (including phenoxy) is 2. The predicted octanol–water partition coefficient (Wildman–Crippen LogP) is 10.3. The third-order valence-electron chi connectivity index (χ3n) is 8.48. The second kappa shape index (κ2) is 38.5. The zero-order valence-electron chi connectivity index (χ0n) is 37.4. The van der Waals surface area contributed by atoms with Crippen molar-refractivity contribution < 1.29 is 52.3 Å². The van der Waals surface area contributed by atoms with Crippen LogP contribution < -0.4 is 0 Å². The molecule has 0 saturated heterocycles. The molecule has 0 aliphatic heterocycles. The number of hydrogen-bond donors (Lipinski definition) is 3. The summed E-state index contributed by atoms with van der Waals surface area (Å²) in [6.45, 7) is 3.86. The molecule has 0 aromatic carbocycles. The fourth-order valence-electron chi connectivity index (χ4n) is 5.05. The standard InChI is InChI=1S/C48H78NO10P/c1-6-8-10-11-12-13-14-15-16-17-18-19-20-25-33-39-48(53)59-46(43-58-60(54,55)57-41-40-49(3,4)5)42-56-47(52)38-32-24-22-21-23-29-35-45(51)37-31-27-26-30-36-44(50)34-28-9-7-2/h8-10,12-13,15-16,22-24,26-31,36-37,44-46,50-51H,6-7,11,14,17-21,25,32-35,38-43H2,1-5H3/p+1/b10-8-,13-12-,16-15-,24-22-,27-26-,28-9-,29-23-,36-30+,37-31+/t44-,45+,46-/m1/s1. The highest BCUT2D eigenvalue weighted by Crippen LogP contribution is 2.43. The zero-order chi connectivity index (χ0) is 44.6. The quantitative estimate of drug-likeness (QED) is 0.0138. The van der Waals surface area contributed by atoms with Gasteiger partial charge in [0.25, 0.3) is 0 Å². The van der Waals surface area contributed by atoms with Gasteiger partial charge in [0.15, 0.2) is 6.10 Å². The average molecular weight is 861 g/mol. The lowest BCUT2D eigenvalue weighted by Crippen LogP contribution is -2.37. The van der Waals surface area contributed by atoms with Crippen molar-refractivity contribution >= 4 is 19.8 Å². The van der Waals surface area contributed by atoms with Crippen molar-refractivity contribution in [2.45, 2.75) is 135 Å². The molecule has 0 rings (SSSR count). The van der Waals surface area contributed by atoms with Gasteiger partial charge in [0.2, 0.25) is 0 Å². The van der Waals surface area contributed by atoms with Crippen LogP contribution in [0.25, 0.3) is 0 Å². The van der Waals surface area contributed by atoms with Gasteiger partial charge in [-0.3, -0.25) is 18.6 Å². The number of likely N-dealkylation sites (N-methyl/N-ethyl adjacent to an activating group) is 1. The van der Waals surface area contributed by atoms with Crippen molar-refractivity contribution in [3.63, 3.8) is 0 Å². The summed E-state index contributed by atoms with van der Waals surface area (Å²) in [7, 11) is 1.34. The van der Waals surface area contributed by atoms with Gasteiger partial charge in [0, 0.05) is 12.8 Å². The third kappa shape index (κ3) is 41.3. The van der Waals surface area contributed by atoms with Crippen LogP contribution >= 0.6 is 7.82 Å². The first-order valence-electron chi connectivity index (χ1n) is 21.8. The van der Waals surface area contributed by atoms with Gasteiger partial charge in [0.1, 0.15) is 19.8 Å². The van der Waals surface area contributed by atoms with E-state index in [-0.39, 0.29) is 26.1 Å². The van der Waals surface area contributed by atoms with Crippen molar-refractivity contribution in [1.29, 1.82) is 0 Å². The van der Waals surface area contributed by atoms with Crippen LogP contribution in [-0.4, -0.2) is 97.3 Å². The van der Waals surface area contributed by atoms with E-state index < -0.39 is 44.7 Å². The number of carbonyl (C=O) groups is 2. The van der Waals surface area contributed by atoms with Gasteiger partial charge in [0.05, 0.1) is 40.0 Å². The van der Waals surface area contributed by atoms with Crippen molar-refractivity contribution in [2.75, 3.05) is 47.5 Å². The molecule has 0 radical (unpaired) electrons. The van der Waals surface area contributed by atoms with E-state index in [2.05, 4.69) is 43.4 Å². The van der Waals surface area contributed by atoms with E-state index in [9.17, 15) is 29.3 Å². The number of allylic oxidation sites excluding steroid dienone is 14. The minimum absolute atomic E-state index is 0.00813. The van der Waals surface area contributed by atoms with Crippen molar-refractivity contribution in [3.05, 3.63) is 109 Å². The Balaban J connectivity index is 4.64. The summed E-state index contributed by atoms with van der Waals surface area (Å²) >= 11 is 0. The highest BCUT2D eigenvalue weighted by atomic mass is 31.2. The second-order valence-electron chi connectivity index (χ2n) is 15.4. The lowest BCUT2D eigenvalue weighted by molar-refractivity contribution is -0.870. The smallest absolute Gasteiger partial charge is 0.462 e. The van der Waals surface area contributed by atoms with Gasteiger partial charge < -0.3 is 29.1 Å². The number of aliphatic hydroxyl groups excluding tert-OH is 2. The molecular formula is C48H79NO10P+. The fraction of sp³-hybridized carbons (Fsp3) is 0.583. The van der Waals surface area contributed by atoms with Crippen LogP contribution in [0.15, 0.2) is 109 Å². The van der Waals surface area contributed by atoms with Gasteiger partial charge >= 0.3 is 19.8 Å². The Bertz CT molecular complexity index is 1420. The second-order valence-corrected chi connectivity index (χ2v) is 16.8. The summed E-state index contributed by atoms with van der Waals surface area (Å²) in [5, 5.41) is 20.0. The van der Waals surface area contributed by atoms with Crippen molar-refractivity contribution in [3.8, 4) is 0 Å². The minimum atomic E-state index is -4.43. The fourth-order valence-corrected chi connectivity index (χ4v) is 5.79. The molecule has 0 saturated carbocycles. The molecular weight excluding hydrogens is 781 g/mol. The van der Waals surface area contributed by atoms with Crippen LogP contribution in [0, 0.1) is 0 Å². The molecule has 0 aromatic rings. The van der Waals surface area contributed by atoms with Crippen LogP contribution in [0.3, 0.4) is 0 Å². The maximum absolute atomic E-state index is 12.7. The Kier molecular flexibility index (Phi) is 36.3. The first-order valence-corrected chi connectivity index (χ1v) is 23.3. The molecule has 0 spiro atoms. The third-order valence-corrected chi connectivity index (χ3v) is 9.46. The minimum Gasteiger partial charge on any atom is -0.462 e. The largest absolute Gasteiger partial charge is 0.472 e. The molecule has 11 nitrogen and oxygen atoms in total. The normalized spacial score (nSPS) is 15.7. The van der Waals surface area contributed by atoms with E-state index in [0.717, 1.165) is 57.8 Å². The van der Waals surface area contributed by atoms with Crippen molar-refractivity contribution in [2.24, 2.45) is 0 Å². The van der Waals surface area contributed by atoms with Gasteiger partial charge in [-0.1, -0.05) is 142 Å². The number of phosphoric ester groups is 1. The summed E-state index contributed by atoms with van der Waals surface area (Å²) < 4.78 is 34.1. The van der Waals surface area contributed by atoms with Gasteiger partial charge in [-0.15, -0.1) is 0 Å². The molecule has 0 bridgehead atoms. The van der Waals surface area contributed by atoms with Crippen LogP contribution in [0.2, 0.25) is 0 Å². The lowest BCUT2D eigenvalue weighted by atomic mass is 10.1. The first-order chi connectivity index (χ1) is 28.8. The number of carbonyl (C=O) groups excluding carboxylic acids is 2. The van der Waals surface area contributed by atoms with E-state index in [0.29, 0.717) is 43.1 Å². The van der Waals surface area contributed by atoms with Crippen molar-refractivity contribution in [1.82, 2.24) is 0 Å². The van der Waals surface area contributed by atoms with Gasteiger partial charge in [-0.25, -0.2) is 4.57 Å². The number of quaternary nitrogens is 1. The number of aliphatic hydroxyl groups is 2. The SMILES string of the molecule is CC/C=C\C/C=C\C/C=C\CCCCCCCC(=O)O[C@H](COC(=O)CC/C=C\C/C=C\C[C@H](O)/C=C/C=C\C=C\[C@H](O)C/C=C\CC)COP(=O)(O)OCC[N+](C)(C)C. The molecule has 0 aromatic heterocycles. The highest BCUT2D eigenvalue weighted by molar-refractivity contribution is 7.47. The van der Waals surface area contributed by atoms with Crippen LogP contribution in [-0.2, 0) is 32.7 Å². The summed E-state index contributed by atoms with van der Waals surface area (Å²) in [5.74, 6) is -1.000. The Morgan fingerprint density at radius 3 is 1.73 bits per heavy atom. The number of unbranched alkanes of at least 4 members (excludes halogenated alkanes) is 5. The molecule has 0 heterocycles. The predicted molar refractivity (Wildman–Crippen MR) is 245 cm³/mol. The highest BCUT2D eigenvalue weighted by Gasteiger charge is 2.27. The molecule has 60 heavy (non-hydrogen) atoms. The Hall–Kier alpha value is -3.41. The average Bonchev–Trinajstić information content (AvgIpc) is 3.19. The van der Waals surface area contributed by atoms with Gasteiger partial charge in [-0.05, 0) is 70.6 Å². The Labute approximate surface area is 362 Å². The monoisotopic (exact) mass is 861 g/mol. The maximum Gasteiger partial charge on any atom is 0.472 e. The number of esters is 2. The van der Waals surface area contributed by atoms with Crippen LogP contribution in [0.1, 0.15) is 117 Å². The Morgan fingerprint density at radius 2 is 1.12 bits per heavy atom. The maximum atomic E-state index is 12.7. The van der Waals surface area contributed by atoms with E-state index in [1.807, 2.05) is 64.5 Å². The molecule has 3 N–H and O–H groups in total. The molecule has 0 aliphatic rings.